The van der Waals surface area contributed by atoms with Crippen molar-refractivity contribution in [3.8, 4) is 11.6 Å². The molecule has 1 amide bonds. The summed E-state index contributed by atoms with van der Waals surface area (Å²) in [6.45, 7) is 5.78. The minimum absolute atomic E-state index is 0.167. The summed E-state index contributed by atoms with van der Waals surface area (Å²) in [5, 5.41) is 3.24. The molecule has 2 aromatic carbocycles. The Morgan fingerprint density at radius 2 is 1.68 bits per heavy atom. The van der Waals surface area contributed by atoms with Crippen LogP contribution in [0.5, 0.6) is 11.6 Å². The SMILES string of the molecule is COC(=O)c1ccc([C@H](C)NC(=O)c2cc(Cl)cnc2Oc2cc(C)cc(C)c2)cc1. The second kappa shape index (κ2) is 9.62. The van der Waals surface area contributed by atoms with Crippen LogP contribution in [0.3, 0.4) is 0 Å². The highest BCUT2D eigenvalue weighted by Crippen LogP contribution is 2.27. The molecule has 0 unspecified atom stereocenters. The Morgan fingerprint density at radius 1 is 1.03 bits per heavy atom. The van der Waals surface area contributed by atoms with Gasteiger partial charge in [0.25, 0.3) is 5.91 Å². The molecule has 1 heterocycles. The molecule has 7 heteroatoms. The number of ether oxygens (including phenoxy) is 2. The number of hydrogen-bond acceptors (Lipinski definition) is 5. The fourth-order valence-electron chi connectivity index (χ4n) is 3.16. The number of nitrogens with one attached hydrogen (secondary N) is 1. The van der Waals surface area contributed by atoms with Crippen LogP contribution in [0, 0.1) is 13.8 Å². The Labute approximate surface area is 186 Å². The third-order valence-electron chi connectivity index (χ3n) is 4.65. The van der Waals surface area contributed by atoms with Crippen LogP contribution in [0.4, 0.5) is 0 Å². The number of hydrogen-bond donors (Lipinski definition) is 1. The van der Waals surface area contributed by atoms with E-state index in [4.69, 9.17) is 21.1 Å². The van der Waals surface area contributed by atoms with Gasteiger partial charge < -0.3 is 14.8 Å². The number of carbonyl (C=O) groups is 2. The Morgan fingerprint density at radius 3 is 2.29 bits per heavy atom. The van der Waals surface area contributed by atoms with Gasteiger partial charge >= 0.3 is 5.97 Å². The zero-order valence-electron chi connectivity index (χ0n) is 17.7. The van der Waals surface area contributed by atoms with E-state index >= 15 is 0 Å². The second-order valence-corrected chi connectivity index (χ2v) is 7.68. The average molecular weight is 439 g/mol. The molecule has 6 nitrogen and oxygen atoms in total. The molecule has 1 atom stereocenters. The lowest BCUT2D eigenvalue weighted by molar-refractivity contribution is 0.0600. The van der Waals surface area contributed by atoms with Gasteiger partial charge in [0.05, 0.1) is 23.7 Å². The van der Waals surface area contributed by atoms with E-state index < -0.39 is 5.97 Å². The normalized spacial score (nSPS) is 11.5. The zero-order valence-corrected chi connectivity index (χ0v) is 18.5. The van der Waals surface area contributed by atoms with Gasteiger partial charge in [0, 0.05) is 6.20 Å². The second-order valence-electron chi connectivity index (χ2n) is 7.24. The van der Waals surface area contributed by atoms with Crippen molar-refractivity contribution in [1.82, 2.24) is 10.3 Å². The number of methoxy groups -OCH3 is 1. The Bertz CT molecular complexity index is 1090. The van der Waals surface area contributed by atoms with Crippen LogP contribution in [0.25, 0.3) is 0 Å². The maximum Gasteiger partial charge on any atom is 0.337 e. The maximum atomic E-state index is 13.0. The standard InChI is InChI=1S/C24H23ClN2O4/c1-14-9-15(2)11-20(10-14)31-23-21(12-19(25)13-26-23)22(28)27-16(3)17-5-7-18(8-6-17)24(29)30-4/h5-13,16H,1-4H3,(H,27,28)/t16-/m0/s1. The Balaban J connectivity index is 1.80. The van der Waals surface area contributed by atoms with E-state index in [2.05, 4.69) is 10.3 Å². The van der Waals surface area contributed by atoms with Crippen LogP contribution < -0.4 is 10.1 Å². The van der Waals surface area contributed by atoms with Crippen molar-refractivity contribution in [3.63, 3.8) is 0 Å². The van der Waals surface area contributed by atoms with Gasteiger partial charge in [-0.25, -0.2) is 9.78 Å². The van der Waals surface area contributed by atoms with E-state index in [0.717, 1.165) is 16.7 Å². The number of benzene rings is 2. The number of aromatic nitrogens is 1. The van der Waals surface area contributed by atoms with Crippen LogP contribution in [-0.2, 0) is 4.74 Å². The molecule has 0 saturated heterocycles. The summed E-state index contributed by atoms with van der Waals surface area (Å²) < 4.78 is 10.6. The maximum absolute atomic E-state index is 13.0. The molecule has 31 heavy (non-hydrogen) atoms. The number of rotatable bonds is 6. The van der Waals surface area contributed by atoms with Gasteiger partial charge in [-0.3, -0.25) is 4.79 Å². The molecule has 1 N–H and O–H groups in total. The highest BCUT2D eigenvalue weighted by Gasteiger charge is 2.19. The van der Waals surface area contributed by atoms with Crippen molar-refractivity contribution in [2.75, 3.05) is 7.11 Å². The lowest BCUT2D eigenvalue weighted by atomic mass is 10.1. The first-order chi connectivity index (χ1) is 14.8. The van der Waals surface area contributed by atoms with Crippen molar-refractivity contribution in [2.45, 2.75) is 26.8 Å². The first-order valence-corrected chi connectivity index (χ1v) is 10.1. The van der Waals surface area contributed by atoms with Crippen molar-refractivity contribution in [1.29, 1.82) is 0 Å². The summed E-state index contributed by atoms with van der Waals surface area (Å²) >= 11 is 6.09. The fraction of sp³-hybridized carbons (Fsp3) is 0.208. The van der Waals surface area contributed by atoms with Crippen LogP contribution in [0.2, 0.25) is 5.02 Å². The highest BCUT2D eigenvalue weighted by atomic mass is 35.5. The molecular weight excluding hydrogens is 416 g/mol. The Hall–Kier alpha value is -3.38. The first kappa shape index (κ1) is 22.3. The van der Waals surface area contributed by atoms with Gasteiger partial charge in [0.15, 0.2) is 0 Å². The number of amides is 1. The number of esters is 1. The molecule has 0 spiro atoms. The van der Waals surface area contributed by atoms with Crippen molar-refractivity contribution in [2.24, 2.45) is 0 Å². The third kappa shape index (κ3) is 5.61. The van der Waals surface area contributed by atoms with E-state index in [1.54, 1.807) is 24.3 Å². The van der Waals surface area contributed by atoms with Crippen molar-refractivity contribution >= 4 is 23.5 Å². The van der Waals surface area contributed by atoms with E-state index in [1.165, 1.54) is 19.4 Å². The van der Waals surface area contributed by atoms with E-state index in [1.807, 2.05) is 39.0 Å². The van der Waals surface area contributed by atoms with Crippen LogP contribution in [0.1, 0.15) is 50.4 Å². The molecule has 0 bridgehead atoms. The summed E-state index contributed by atoms with van der Waals surface area (Å²) in [4.78, 5) is 28.8. The molecular formula is C24H23ClN2O4. The summed E-state index contributed by atoms with van der Waals surface area (Å²) in [5.74, 6) is -0.0340. The van der Waals surface area contributed by atoms with Gasteiger partial charge in [-0.1, -0.05) is 29.8 Å². The topological polar surface area (TPSA) is 77.5 Å². The van der Waals surface area contributed by atoms with Crippen LogP contribution >= 0.6 is 11.6 Å². The molecule has 1 aromatic heterocycles. The number of nitrogens with zero attached hydrogens (tertiary/aromatic N) is 1. The smallest absolute Gasteiger partial charge is 0.337 e. The largest absolute Gasteiger partial charge is 0.465 e. The monoisotopic (exact) mass is 438 g/mol. The molecule has 3 rings (SSSR count). The molecule has 0 aliphatic heterocycles. The summed E-state index contributed by atoms with van der Waals surface area (Å²) in [5.41, 5.74) is 3.57. The highest BCUT2D eigenvalue weighted by molar-refractivity contribution is 6.30. The summed E-state index contributed by atoms with van der Waals surface area (Å²) in [6.07, 6.45) is 1.44. The number of halogens is 1. The molecule has 0 saturated carbocycles. The van der Waals surface area contributed by atoms with Gasteiger partial charge in [-0.05, 0) is 67.8 Å². The summed E-state index contributed by atoms with van der Waals surface area (Å²) in [6, 6.07) is 13.8. The summed E-state index contributed by atoms with van der Waals surface area (Å²) in [7, 11) is 1.33. The molecule has 0 aliphatic rings. The molecule has 0 fully saturated rings. The van der Waals surface area contributed by atoms with Crippen molar-refractivity contribution in [3.05, 3.63) is 87.6 Å². The van der Waals surface area contributed by atoms with E-state index in [9.17, 15) is 9.59 Å². The van der Waals surface area contributed by atoms with E-state index in [-0.39, 0.29) is 23.4 Å². The first-order valence-electron chi connectivity index (χ1n) is 9.67. The average Bonchev–Trinajstić information content (AvgIpc) is 2.73. The minimum atomic E-state index is -0.415. The van der Waals surface area contributed by atoms with Gasteiger partial charge in [-0.15, -0.1) is 0 Å². The number of carbonyl (C=O) groups excluding carboxylic acids is 2. The number of aryl methyl sites for hydroxylation is 2. The fourth-order valence-corrected chi connectivity index (χ4v) is 3.32. The van der Waals surface area contributed by atoms with E-state index in [0.29, 0.717) is 16.3 Å². The predicted molar refractivity (Wildman–Crippen MR) is 119 cm³/mol. The third-order valence-corrected chi connectivity index (χ3v) is 4.86. The molecule has 160 valence electrons. The Kier molecular flexibility index (Phi) is 6.92. The van der Waals surface area contributed by atoms with Gasteiger partial charge in [0.2, 0.25) is 5.88 Å². The van der Waals surface area contributed by atoms with Crippen LogP contribution in [0.15, 0.2) is 54.7 Å². The predicted octanol–water partition coefficient (Wildman–Crippen LogP) is 5.42. The van der Waals surface area contributed by atoms with Crippen molar-refractivity contribution < 1.29 is 19.1 Å². The quantitative estimate of drug-likeness (QED) is 0.520. The molecule has 0 aliphatic carbocycles. The zero-order chi connectivity index (χ0) is 22.5. The lowest BCUT2D eigenvalue weighted by Gasteiger charge is -2.16. The molecule has 3 aromatic rings. The van der Waals surface area contributed by atoms with Gasteiger partial charge in [-0.2, -0.15) is 0 Å². The minimum Gasteiger partial charge on any atom is -0.465 e. The lowest BCUT2D eigenvalue weighted by Crippen LogP contribution is -2.27. The molecule has 0 radical (unpaired) electrons. The number of pyridine rings is 1. The van der Waals surface area contributed by atoms with Crippen LogP contribution in [-0.4, -0.2) is 24.0 Å². The van der Waals surface area contributed by atoms with Gasteiger partial charge in [0.1, 0.15) is 11.3 Å².